The van der Waals surface area contributed by atoms with Crippen molar-refractivity contribution >= 4 is 17.6 Å². The summed E-state index contributed by atoms with van der Waals surface area (Å²) in [5.41, 5.74) is 8.77. The monoisotopic (exact) mass is 393 g/mol. The predicted molar refractivity (Wildman–Crippen MR) is 112 cm³/mol. The first-order valence-corrected chi connectivity index (χ1v) is 9.87. The second-order valence-electron chi connectivity index (χ2n) is 7.66. The van der Waals surface area contributed by atoms with Gasteiger partial charge in [-0.1, -0.05) is 30.3 Å². The van der Waals surface area contributed by atoms with Crippen LogP contribution in [0, 0.1) is 13.8 Å². The van der Waals surface area contributed by atoms with E-state index < -0.39 is 0 Å². The van der Waals surface area contributed by atoms with Gasteiger partial charge in [0.2, 0.25) is 5.91 Å². The number of hydrogen-bond donors (Lipinski definition) is 2. The van der Waals surface area contributed by atoms with Crippen LogP contribution in [0.1, 0.15) is 50.2 Å². The van der Waals surface area contributed by atoms with Gasteiger partial charge in [-0.25, -0.2) is 0 Å². The fraction of sp³-hybridized carbons (Fsp3) is 0.348. The lowest BCUT2D eigenvalue weighted by atomic mass is 9.95. The van der Waals surface area contributed by atoms with E-state index in [0.717, 1.165) is 24.0 Å². The molecule has 1 aliphatic heterocycles. The van der Waals surface area contributed by atoms with Crippen LogP contribution in [0.4, 0.5) is 0 Å². The highest BCUT2D eigenvalue weighted by molar-refractivity contribution is 6.15. The molecule has 6 nitrogen and oxygen atoms in total. The number of nitrogens with zero attached hydrogens (tertiary/aromatic N) is 1. The Kier molecular flexibility index (Phi) is 6.44. The molecule has 0 unspecified atom stereocenters. The molecule has 2 aromatic carbocycles. The smallest absolute Gasteiger partial charge is 0.252 e. The number of primary amides is 1. The summed E-state index contributed by atoms with van der Waals surface area (Å²) in [6.07, 6.45) is 1.48. The number of amides is 2. The summed E-state index contributed by atoms with van der Waals surface area (Å²) in [6, 6.07) is 12.5. The van der Waals surface area contributed by atoms with Crippen molar-refractivity contribution in [3.63, 3.8) is 0 Å². The van der Waals surface area contributed by atoms with Crippen LogP contribution in [-0.4, -0.2) is 48.2 Å². The molecule has 2 amide bonds. The van der Waals surface area contributed by atoms with Gasteiger partial charge in [0.25, 0.3) is 5.91 Å². The minimum absolute atomic E-state index is 0.0106. The molecule has 0 radical (unpaired) electrons. The van der Waals surface area contributed by atoms with Gasteiger partial charge in [0, 0.05) is 30.3 Å². The highest BCUT2D eigenvalue weighted by Gasteiger charge is 2.24. The zero-order chi connectivity index (χ0) is 21.0. The quantitative estimate of drug-likeness (QED) is 0.736. The van der Waals surface area contributed by atoms with Crippen molar-refractivity contribution in [2.75, 3.05) is 19.6 Å². The molecule has 1 fully saturated rings. The second kappa shape index (κ2) is 9.01. The third-order valence-electron chi connectivity index (χ3n) is 5.49. The lowest BCUT2D eigenvalue weighted by molar-refractivity contribution is -0.119. The average Bonchev–Trinajstić information content (AvgIpc) is 2.70. The molecule has 0 bridgehead atoms. The number of hydrogen-bond acceptors (Lipinski definition) is 4. The average molecular weight is 393 g/mol. The van der Waals surface area contributed by atoms with E-state index in [1.165, 1.54) is 0 Å². The molecule has 152 valence electrons. The maximum absolute atomic E-state index is 13.0. The number of benzene rings is 2. The third kappa shape index (κ3) is 5.09. The molecule has 3 N–H and O–H groups in total. The first-order chi connectivity index (χ1) is 13.8. The highest BCUT2D eigenvalue weighted by Crippen LogP contribution is 2.18. The Hall–Kier alpha value is -2.99. The van der Waals surface area contributed by atoms with Gasteiger partial charge in [0.15, 0.2) is 5.78 Å². The highest BCUT2D eigenvalue weighted by atomic mass is 16.2. The number of piperidine rings is 1. The summed E-state index contributed by atoms with van der Waals surface area (Å²) in [5, 5.41) is 3.04. The first-order valence-electron chi connectivity index (χ1n) is 9.87. The molecule has 1 heterocycles. The summed E-state index contributed by atoms with van der Waals surface area (Å²) in [7, 11) is 0. The van der Waals surface area contributed by atoms with Crippen LogP contribution in [0.3, 0.4) is 0 Å². The van der Waals surface area contributed by atoms with Crippen LogP contribution in [0.15, 0.2) is 42.5 Å². The van der Waals surface area contributed by atoms with Crippen molar-refractivity contribution < 1.29 is 14.4 Å². The van der Waals surface area contributed by atoms with Crippen LogP contribution >= 0.6 is 0 Å². The van der Waals surface area contributed by atoms with E-state index >= 15 is 0 Å². The molecule has 0 spiro atoms. The molecular formula is C23H27N3O3. The Labute approximate surface area is 171 Å². The van der Waals surface area contributed by atoms with E-state index in [9.17, 15) is 14.4 Å². The lowest BCUT2D eigenvalue weighted by Crippen LogP contribution is -2.46. The fourth-order valence-corrected chi connectivity index (χ4v) is 3.64. The molecule has 6 heteroatoms. The Balaban J connectivity index is 1.71. The van der Waals surface area contributed by atoms with E-state index in [0.29, 0.717) is 29.8 Å². The number of ketones is 1. The molecule has 1 saturated heterocycles. The molecular weight excluding hydrogens is 366 g/mol. The zero-order valence-electron chi connectivity index (χ0n) is 16.9. The van der Waals surface area contributed by atoms with Crippen LogP contribution in [-0.2, 0) is 4.79 Å². The Morgan fingerprint density at radius 3 is 2.28 bits per heavy atom. The number of carbonyl (C=O) groups is 3. The Morgan fingerprint density at radius 1 is 1.00 bits per heavy atom. The van der Waals surface area contributed by atoms with Crippen molar-refractivity contribution in [2.24, 2.45) is 5.73 Å². The number of nitrogens with two attached hydrogens (primary N) is 1. The van der Waals surface area contributed by atoms with Gasteiger partial charge in [-0.15, -0.1) is 0 Å². The molecule has 0 saturated carbocycles. The van der Waals surface area contributed by atoms with Crippen LogP contribution in [0.2, 0.25) is 0 Å². The van der Waals surface area contributed by atoms with E-state index in [1.54, 1.807) is 30.3 Å². The van der Waals surface area contributed by atoms with Crippen molar-refractivity contribution in [3.05, 3.63) is 70.3 Å². The van der Waals surface area contributed by atoms with Gasteiger partial charge in [-0.05, 0) is 49.9 Å². The normalized spacial score (nSPS) is 15.1. The molecule has 2 aromatic rings. The summed E-state index contributed by atoms with van der Waals surface area (Å²) in [6.45, 7) is 5.62. The molecule has 3 rings (SSSR count). The number of aryl methyl sites for hydroxylation is 2. The molecule has 29 heavy (non-hydrogen) atoms. The minimum atomic E-state index is -0.341. The van der Waals surface area contributed by atoms with E-state index in [4.69, 9.17) is 5.73 Å². The van der Waals surface area contributed by atoms with Gasteiger partial charge < -0.3 is 11.1 Å². The minimum Gasteiger partial charge on any atom is -0.369 e. The van der Waals surface area contributed by atoms with Crippen molar-refractivity contribution in [3.8, 4) is 0 Å². The maximum atomic E-state index is 13.0. The molecule has 0 aliphatic carbocycles. The molecule has 0 aromatic heterocycles. The largest absolute Gasteiger partial charge is 0.369 e. The summed E-state index contributed by atoms with van der Waals surface area (Å²) in [4.78, 5) is 39.0. The number of carbonyl (C=O) groups excluding carboxylic acids is 3. The Morgan fingerprint density at radius 2 is 1.66 bits per heavy atom. The first kappa shape index (κ1) is 20.7. The predicted octanol–water partition coefficient (Wildman–Crippen LogP) is 2.21. The fourth-order valence-electron chi connectivity index (χ4n) is 3.64. The number of rotatable bonds is 6. The van der Waals surface area contributed by atoms with E-state index in [-0.39, 0.29) is 30.2 Å². The topological polar surface area (TPSA) is 92.5 Å². The van der Waals surface area contributed by atoms with E-state index in [2.05, 4.69) is 5.32 Å². The Bertz CT molecular complexity index is 931. The molecule has 1 aliphatic rings. The van der Waals surface area contributed by atoms with Crippen LogP contribution in [0.5, 0.6) is 0 Å². The SMILES string of the molecule is Cc1ccc(C(=O)c2ccccc2C(=O)NC2CCN(CC(N)=O)CC2)cc1C. The maximum Gasteiger partial charge on any atom is 0.252 e. The van der Waals surface area contributed by atoms with Crippen molar-refractivity contribution in [2.45, 2.75) is 32.7 Å². The van der Waals surface area contributed by atoms with Crippen molar-refractivity contribution in [1.82, 2.24) is 10.2 Å². The number of nitrogens with one attached hydrogen (secondary N) is 1. The third-order valence-corrected chi connectivity index (χ3v) is 5.49. The second-order valence-corrected chi connectivity index (χ2v) is 7.66. The van der Waals surface area contributed by atoms with Crippen molar-refractivity contribution in [1.29, 1.82) is 0 Å². The van der Waals surface area contributed by atoms with E-state index in [1.807, 2.05) is 30.9 Å². The summed E-state index contributed by atoms with van der Waals surface area (Å²) < 4.78 is 0. The standard InChI is InChI=1S/C23H27N3O3/c1-15-7-8-17(13-16(15)2)22(28)19-5-3-4-6-20(19)23(29)25-18-9-11-26(12-10-18)14-21(24)27/h3-8,13,18H,9-12,14H2,1-2H3,(H2,24,27)(H,25,29). The number of likely N-dealkylation sites (tertiary alicyclic amines) is 1. The lowest BCUT2D eigenvalue weighted by Gasteiger charge is -2.31. The van der Waals surface area contributed by atoms with Gasteiger partial charge in [0.05, 0.1) is 12.1 Å². The zero-order valence-corrected chi connectivity index (χ0v) is 16.9. The summed E-state index contributed by atoms with van der Waals surface area (Å²) >= 11 is 0. The van der Waals surface area contributed by atoms with Gasteiger partial charge in [-0.3, -0.25) is 19.3 Å². The molecule has 0 atom stereocenters. The van der Waals surface area contributed by atoms with Gasteiger partial charge >= 0.3 is 0 Å². The van der Waals surface area contributed by atoms with Gasteiger partial charge in [0.1, 0.15) is 0 Å². The van der Waals surface area contributed by atoms with Crippen LogP contribution in [0.25, 0.3) is 0 Å². The summed E-state index contributed by atoms with van der Waals surface area (Å²) in [5.74, 6) is -0.743. The van der Waals surface area contributed by atoms with Gasteiger partial charge in [-0.2, -0.15) is 0 Å². The van der Waals surface area contributed by atoms with Crippen LogP contribution < -0.4 is 11.1 Å².